The molecule has 0 aliphatic rings. The molecule has 0 atom stereocenters. The Morgan fingerprint density at radius 2 is 0.611 bits per heavy atom. The number of hydrogen-bond donors (Lipinski definition) is 0. The number of para-hydroxylation sites is 4. The lowest BCUT2D eigenvalue weighted by atomic mass is 10.3. The van der Waals surface area contributed by atoms with Crippen molar-refractivity contribution in [3.05, 3.63) is 121 Å². The zero-order chi connectivity index (χ0) is 25.1. The highest BCUT2D eigenvalue weighted by atomic mass is 31.2. The number of hydrogen-bond acceptors (Lipinski definition) is 8. The highest BCUT2D eigenvalue weighted by molar-refractivity contribution is 7.49. The summed E-state index contributed by atoms with van der Waals surface area (Å²) in [4.78, 5) is 0. The Kier molecular flexibility index (Phi) is 8.82. The molecule has 0 aliphatic heterocycles. The van der Waals surface area contributed by atoms with Gasteiger partial charge in [0, 0.05) is 0 Å². The van der Waals surface area contributed by atoms with Gasteiger partial charge >= 0.3 is 15.6 Å². The standard InChI is InChI=1S/C26H24O8P2/c27-35(31-23-13-5-1-6-14-23,32-24-15-7-2-8-16-24)29-21-22-30-36(28,33-25-17-9-3-10-18-25)34-26-19-11-4-12-20-26/h1-20H,21-22H2. The third-order valence-electron chi connectivity index (χ3n) is 4.42. The summed E-state index contributed by atoms with van der Waals surface area (Å²) in [6.07, 6.45) is 0. The molecule has 0 bridgehead atoms. The van der Waals surface area contributed by atoms with Crippen molar-refractivity contribution in [2.24, 2.45) is 0 Å². The summed E-state index contributed by atoms with van der Waals surface area (Å²) in [6.45, 7) is -0.589. The smallest absolute Gasteiger partial charge is 0.395 e. The lowest BCUT2D eigenvalue weighted by Crippen LogP contribution is -2.12. The van der Waals surface area contributed by atoms with E-state index in [0.717, 1.165) is 0 Å². The summed E-state index contributed by atoms with van der Waals surface area (Å²) in [5.41, 5.74) is 0. The SMILES string of the molecule is O=P(OCCOP(=O)(Oc1ccccc1)Oc1ccccc1)(Oc1ccccc1)Oc1ccccc1. The summed E-state index contributed by atoms with van der Waals surface area (Å²) < 4.78 is 60.0. The van der Waals surface area contributed by atoms with Crippen LogP contribution >= 0.6 is 15.6 Å². The predicted molar refractivity (Wildman–Crippen MR) is 135 cm³/mol. The van der Waals surface area contributed by atoms with Crippen molar-refractivity contribution in [3.8, 4) is 23.0 Å². The van der Waals surface area contributed by atoms with Crippen molar-refractivity contribution in [2.75, 3.05) is 13.2 Å². The third kappa shape index (κ3) is 8.01. The Hall–Kier alpha value is -3.54. The van der Waals surface area contributed by atoms with Crippen molar-refractivity contribution >= 4 is 15.6 Å². The Morgan fingerprint density at radius 3 is 0.833 bits per heavy atom. The molecule has 4 aromatic rings. The quantitative estimate of drug-likeness (QED) is 0.130. The fourth-order valence-corrected chi connectivity index (χ4v) is 5.28. The molecule has 0 radical (unpaired) electrons. The van der Waals surface area contributed by atoms with Gasteiger partial charge in [0.25, 0.3) is 0 Å². The first-order valence-electron chi connectivity index (χ1n) is 11.0. The summed E-state index contributed by atoms with van der Waals surface area (Å²) in [7, 11) is -8.26. The van der Waals surface area contributed by atoms with Gasteiger partial charge in [-0.3, -0.25) is 9.05 Å². The van der Waals surface area contributed by atoms with E-state index in [4.69, 9.17) is 27.1 Å². The molecule has 0 fully saturated rings. The minimum Gasteiger partial charge on any atom is -0.395 e. The average Bonchev–Trinajstić information content (AvgIpc) is 2.89. The van der Waals surface area contributed by atoms with Gasteiger partial charge in [0.05, 0.1) is 13.2 Å². The molecule has 0 N–H and O–H groups in total. The van der Waals surface area contributed by atoms with Crippen LogP contribution in [0.25, 0.3) is 0 Å². The van der Waals surface area contributed by atoms with Gasteiger partial charge in [-0.15, -0.1) is 0 Å². The number of rotatable bonds is 13. The molecule has 0 aromatic heterocycles. The largest absolute Gasteiger partial charge is 0.587 e. The van der Waals surface area contributed by atoms with Gasteiger partial charge in [0.2, 0.25) is 0 Å². The van der Waals surface area contributed by atoms with E-state index in [2.05, 4.69) is 0 Å². The van der Waals surface area contributed by atoms with Crippen molar-refractivity contribution in [2.45, 2.75) is 0 Å². The first-order chi connectivity index (χ1) is 17.5. The fraction of sp³-hybridized carbons (Fsp3) is 0.0769. The molecule has 36 heavy (non-hydrogen) atoms. The van der Waals surface area contributed by atoms with Crippen LogP contribution in [0.3, 0.4) is 0 Å². The average molecular weight is 526 g/mol. The number of benzene rings is 4. The van der Waals surface area contributed by atoms with E-state index in [1.807, 2.05) is 0 Å². The van der Waals surface area contributed by atoms with Crippen molar-refractivity contribution in [1.82, 2.24) is 0 Å². The van der Waals surface area contributed by atoms with Gasteiger partial charge in [-0.2, -0.15) is 0 Å². The van der Waals surface area contributed by atoms with Crippen molar-refractivity contribution in [1.29, 1.82) is 0 Å². The van der Waals surface area contributed by atoms with E-state index >= 15 is 0 Å². The van der Waals surface area contributed by atoms with Crippen molar-refractivity contribution in [3.63, 3.8) is 0 Å². The highest BCUT2D eigenvalue weighted by Crippen LogP contribution is 2.51. The second-order valence-corrected chi connectivity index (χ2v) is 10.2. The Labute approximate surface area is 209 Å². The maximum Gasteiger partial charge on any atom is 0.587 e. The minimum absolute atomic E-state index is 0.294. The molecule has 0 spiro atoms. The molecule has 4 rings (SSSR count). The highest BCUT2D eigenvalue weighted by Gasteiger charge is 2.34. The van der Waals surface area contributed by atoms with E-state index in [9.17, 15) is 9.13 Å². The van der Waals surface area contributed by atoms with Crippen LogP contribution in [-0.4, -0.2) is 13.2 Å². The van der Waals surface area contributed by atoms with Crippen LogP contribution in [0.1, 0.15) is 0 Å². The van der Waals surface area contributed by atoms with Gasteiger partial charge in [0.15, 0.2) is 0 Å². The van der Waals surface area contributed by atoms with E-state index in [1.54, 1.807) is 121 Å². The maximum atomic E-state index is 13.4. The van der Waals surface area contributed by atoms with Crippen molar-refractivity contribution < 1.29 is 36.3 Å². The monoisotopic (exact) mass is 526 g/mol. The molecule has 8 nitrogen and oxygen atoms in total. The van der Waals surface area contributed by atoms with Crippen LogP contribution in [0.5, 0.6) is 23.0 Å². The molecule has 0 saturated carbocycles. The molecule has 0 aliphatic carbocycles. The lowest BCUT2D eigenvalue weighted by Gasteiger charge is -2.21. The Morgan fingerprint density at radius 1 is 0.389 bits per heavy atom. The molecule has 4 aromatic carbocycles. The first-order valence-corrected chi connectivity index (χ1v) is 13.9. The van der Waals surface area contributed by atoms with E-state index in [1.165, 1.54) is 0 Å². The molecular formula is C26H24O8P2. The van der Waals surface area contributed by atoms with Gasteiger partial charge in [0.1, 0.15) is 23.0 Å². The molecule has 0 saturated heterocycles. The Balaban J connectivity index is 1.43. The van der Waals surface area contributed by atoms with E-state index in [0.29, 0.717) is 23.0 Å². The second-order valence-electron chi connectivity index (χ2n) is 7.18. The van der Waals surface area contributed by atoms with Crippen LogP contribution in [0.15, 0.2) is 121 Å². The van der Waals surface area contributed by atoms with E-state index < -0.39 is 15.6 Å². The first kappa shape index (κ1) is 25.5. The molecule has 0 heterocycles. The molecular weight excluding hydrogens is 502 g/mol. The van der Waals surface area contributed by atoms with Crippen LogP contribution < -0.4 is 18.1 Å². The summed E-state index contributed by atoms with van der Waals surface area (Å²) in [5.74, 6) is 1.18. The number of phosphoric acid groups is 2. The second kappa shape index (κ2) is 12.4. The predicted octanol–water partition coefficient (Wildman–Crippen LogP) is 7.55. The maximum absolute atomic E-state index is 13.4. The summed E-state index contributed by atoms with van der Waals surface area (Å²) in [5, 5.41) is 0. The zero-order valence-corrected chi connectivity index (χ0v) is 20.9. The molecule has 186 valence electrons. The summed E-state index contributed by atoms with van der Waals surface area (Å²) in [6, 6.07) is 33.9. The van der Waals surface area contributed by atoms with Gasteiger partial charge in [-0.05, 0) is 48.5 Å². The zero-order valence-electron chi connectivity index (χ0n) is 19.1. The van der Waals surface area contributed by atoms with Crippen LogP contribution in [0.4, 0.5) is 0 Å². The van der Waals surface area contributed by atoms with Crippen LogP contribution in [-0.2, 0) is 18.2 Å². The van der Waals surface area contributed by atoms with Gasteiger partial charge in [-0.1, -0.05) is 72.8 Å². The van der Waals surface area contributed by atoms with Crippen LogP contribution in [0, 0.1) is 0 Å². The molecule has 10 heteroatoms. The third-order valence-corrected chi connectivity index (χ3v) is 7.16. The number of phosphoric ester groups is 2. The van der Waals surface area contributed by atoms with Gasteiger partial charge < -0.3 is 18.1 Å². The normalized spacial score (nSPS) is 11.4. The van der Waals surface area contributed by atoms with Crippen LogP contribution in [0.2, 0.25) is 0 Å². The molecule has 0 unspecified atom stereocenters. The van der Waals surface area contributed by atoms with E-state index in [-0.39, 0.29) is 13.2 Å². The molecule has 0 amide bonds. The Bertz CT molecular complexity index is 1090. The fourth-order valence-electron chi connectivity index (χ4n) is 2.88. The lowest BCUT2D eigenvalue weighted by molar-refractivity contribution is 0.144. The summed E-state index contributed by atoms with van der Waals surface area (Å²) >= 11 is 0. The topological polar surface area (TPSA) is 89.5 Å². The minimum atomic E-state index is -4.13. The van der Waals surface area contributed by atoms with Gasteiger partial charge in [-0.25, -0.2) is 9.13 Å².